The fourth-order valence-electron chi connectivity index (χ4n) is 4.39. The van der Waals surface area contributed by atoms with Crippen molar-refractivity contribution >= 4 is 5.91 Å². The fourth-order valence-corrected chi connectivity index (χ4v) is 4.39. The predicted octanol–water partition coefficient (Wildman–Crippen LogP) is 3.28. The van der Waals surface area contributed by atoms with Gasteiger partial charge >= 0.3 is 0 Å². The standard InChI is InChI=1S/C21H32N2O3/c1-20(2)12-16(13-21(3,4)23-20)22-19(24)15-7-5-8-17(11-15)26-14-18-9-6-10-25-18/h5,7-8,11,16,18,23H,6,9-10,12-14H2,1-4H3,(H,22,24). The number of amides is 1. The average Bonchev–Trinajstić information content (AvgIpc) is 3.03. The first-order valence-corrected chi connectivity index (χ1v) is 9.67. The van der Waals surface area contributed by atoms with E-state index in [9.17, 15) is 4.79 Å². The maximum Gasteiger partial charge on any atom is 0.251 e. The first kappa shape index (κ1) is 19.2. The Bertz CT molecular complexity index is 620. The van der Waals surface area contributed by atoms with E-state index in [4.69, 9.17) is 9.47 Å². The van der Waals surface area contributed by atoms with Crippen molar-refractivity contribution in [1.82, 2.24) is 10.6 Å². The van der Waals surface area contributed by atoms with Gasteiger partial charge in [-0.2, -0.15) is 0 Å². The Labute approximate surface area is 156 Å². The van der Waals surface area contributed by atoms with Crippen molar-refractivity contribution in [2.24, 2.45) is 0 Å². The van der Waals surface area contributed by atoms with Crippen LogP contribution in [-0.4, -0.2) is 42.3 Å². The summed E-state index contributed by atoms with van der Waals surface area (Å²) in [6.07, 6.45) is 4.14. The lowest BCUT2D eigenvalue weighted by molar-refractivity contribution is 0.0679. The van der Waals surface area contributed by atoms with Gasteiger partial charge in [-0.15, -0.1) is 0 Å². The molecule has 2 aliphatic heterocycles. The quantitative estimate of drug-likeness (QED) is 0.846. The van der Waals surface area contributed by atoms with E-state index in [0.717, 1.165) is 38.0 Å². The normalized spacial score (nSPS) is 25.0. The van der Waals surface area contributed by atoms with E-state index in [1.54, 1.807) is 0 Å². The summed E-state index contributed by atoms with van der Waals surface area (Å²) in [5, 5.41) is 6.86. The SMILES string of the molecule is CC1(C)CC(NC(=O)c2cccc(OCC3CCCO3)c2)CC(C)(C)N1. The molecule has 0 saturated carbocycles. The van der Waals surface area contributed by atoms with Crippen molar-refractivity contribution in [3.05, 3.63) is 29.8 Å². The van der Waals surface area contributed by atoms with Gasteiger partial charge in [-0.25, -0.2) is 0 Å². The largest absolute Gasteiger partial charge is 0.491 e. The van der Waals surface area contributed by atoms with E-state index in [1.807, 2.05) is 24.3 Å². The Balaban J connectivity index is 1.59. The maximum absolute atomic E-state index is 12.7. The van der Waals surface area contributed by atoms with Gasteiger partial charge in [-0.05, 0) is 71.6 Å². The minimum absolute atomic E-state index is 0.00589. The van der Waals surface area contributed by atoms with E-state index in [-0.39, 0.29) is 29.1 Å². The molecule has 0 radical (unpaired) electrons. The van der Waals surface area contributed by atoms with Crippen molar-refractivity contribution in [3.8, 4) is 5.75 Å². The molecular weight excluding hydrogens is 328 g/mol. The summed E-state index contributed by atoms with van der Waals surface area (Å²) >= 11 is 0. The molecule has 0 aromatic heterocycles. The zero-order chi connectivity index (χ0) is 18.8. The third-order valence-corrected chi connectivity index (χ3v) is 5.08. The van der Waals surface area contributed by atoms with Crippen molar-refractivity contribution in [2.75, 3.05) is 13.2 Å². The van der Waals surface area contributed by atoms with E-state index in [0.29, 0.717) is 12.2 Å². The highest BCUT2D eigenvalue weighted by Crippen LogP contribution is 2.28. The molecule has 1 unspecified atom stereocenters. The van der Waals surface area contributed by atoms with Gasteiger partial charge in [0.05, 0.1) is 6.10 Å². The Kier molecular flexibility index (Phi) is 5.58. The van der Waals surface area contributed by atoms with Crippen LogP contribution in [-0.2, 0) is 4.74 Å². The summed E-state index contributed by atoms with van der Waals surface area (Å²) in [7, 11) is 0. The lowest BCUT2D eigenvalue weighted by Gasteiger charge is -2.46. The molecular formula is C21H32N2O3. The molecule has 2 saturated heterocycles. The highest BCUT2D eigenvalue weighted by atomic mass is 16.5. The molecule has 2 aliphatic rings. The molecule has 5 heteroatoms. The lowest BCUT2D eigenvalue weighted by Crippen LogP contribution is -2.62. The molecule has 0 bridgehead atoms. The van der Waals surface area contributed by atoms with Crippen LogP contribution in [0, 0.1) is 0 Å². The highest BCUT2D eigenvalue weighted by molar-refractivity contribution is 5.94. The van der Waals surface area contributed by atoms with Crippen molar-refractivity contribution in [3.63, 3.8) is 0 Å². The van der Waals surface area contributed by atoms with Gasteiger partial charge in [0.15, 0.2) is 0 Å². The number of carbonyl (C=O) groups excluding carboxylic acids is 1. The summed E-state index contributed by atoms with van der Waals surface area (Å²) in [4.78, 5) is 12.7. The minimum atomic E-state index is -0.0360. The summed E-state index contributed by atoms with van der Waals surface area (Å²) < 4.78 is 11.4. The molecule has 1 aromatic carbocycles. The molecule has 2 N–H and O–H groups in total. The molecule has 144 valence electrons. The van der Waals surface area contributed by atoms with Gasteiger partial charge in [0.25, 0.3) is 5.91 Å². The van der Waals surface area contributed by atoms with Crippen LogP contribution in [0.2, 0.25) is 0 Å². The number of hydrogen-bond donors (Lipinski definition) is 2. The van der Waals surface area contributed by atoms with Gasteiger partial charge in [0.2, 0.25) is 0 Å². The molecule has 5 nitrogen and oxygen atoms in total. The van der Waals surface area contributed by atoms with Gasteiger partial charge in [-0.1, -0.05) is 6.07 Å². The number of benzene rings is 1. The number of piperidine rings is 1. The summed E-state index contributed by atoms with van der Waals surface area (Å²) in [6.45, 7) is 10.1. The highest BCUT2D eigenvalue weighted by Gasteiger charge is 2.38. The summed E-state index contributed by atoms with van der Waals surface area (Å²) in [6, 6.07) is 7.58. The molecule has 2 fully saturated rings. The molecule has 3 rings (SSSR count). The maximum atomic E-state index is 12.7. The van der Waals surface area contributed by atoms with Crippen LogP contribution in [0.3, 0.4) is 0 Å². The molecule has 1 amide bonds. The van der Waals surface area contributed by atoms with Crippen molar-refractivity contribution in [2.45, 2.75) is 76.6 Å². The van der Waals surface area contributed by atoms with E-state index >= 15 is 0 Å². The zero-order valence-corrected chi connectivity index (χ0v) is 16.4. The Morgan fingerprint density at radius 3 is 2.65 bits per heavy atom. The Morgan fingerprint density at radius 1 is 1.27 bits per heavy atom. The van der Waals surface area contributed by atoms with Crippen LogP contribution < -0.4 is 15.4 Å². The molecule has 1 aromatic rings. The third kappa shape index (κ3) is 5.21. The molecule has 0 spiro atoms. The average molecular weight is 360 g/mol. The first-order chi connectivity index (χ1) is 12.2. The summed E-state index contributed by atoms with van der Waals surface area (Å²) in [5.74, 6) is 0.685. The fraction of sp³-hybridized carbons (Fsp3) is 0.667. The molecule has 26 heavy (non-hydrogen) atoms. The van der Waals surface area contributed by atoms with Gasteiger partial charge in [0.1, 0.15) is 12.4 Å². The Morgan fingerprint density at radius 2 is 2.00 bits per heavy atom. The molecule has 1 atom stereocenters. The smallest absolute Gasteiger partial charge is 0.251 e. The second-order valence-corrected chi connectivity index (χ2v) is 8.95. The third-order valence-electron chi connectivity index (χ3n) is 5.08. The number of hydrogen-bond acceptors (Lipinski definition) is 4. The molecule has 2 heterocycles. The van der Waals surface area contributed by atoms with E-state index < -0.39 is 0 Å². The minimum Gasteiger partial charge on any atom is -0.491 e. The number of rotatable bonds is 5. The van der Waals surface area contributed by atoms with Crippen LogP contribution in [0.4, 0.5) is 0 Å². The number of carbonyl (C=O) groups is 1. The second kappa shape index (κ2) is 7.57. The van der Waals surface area contributed by atoms with E-state index in [1.165, 1.54) is 0 Å². The van der Waals surface area contributed by atoms with Gasteiger partial charge in [-0.3, -0.25) is 4.79 Å². The molecule has 0 aliphatic carbocycles. The van der Waals surface area contributed by atoms with Crippen LogP contribution >= 0.6 is 0 Å². The van der Waals surface area contributed by atoms with Crippen LogP contribution in [0.5, 0.6) is 5.75 Å². The van der Waals surface area contributed by atoms with Gasteiger partial charge < -0.3 is 20.1 Å². The van der Waals surface area contributed by atoms with E-state index in [2.05, 4.69) is 38.3 Å². The topological polar surface area (TPSA) is 59.6 Å². The van der Waals surface area contributed by atoms with Crippen molar-refractivity contribution < 1.29 is 14.3 Å². The van der Waals surface area contributed by atoms with Crippen molar-refractivity contribution in [1.29, 1.82) is 0 Å². The van der Waals surface area contributed by atoms with Crippen LogP contribution in [0.15, 0.2) is 24.3 Å². The lowest BCUT2D eigenvalue weighted by atomic mass is 9.79. The Hall–Kier alpha value is -1.59. The monoisotopic (exact) mass is 360 g/mol. The summed E-state index contributed by atoms with van der Waals surface area (Å²) in [5.41, 5.74) is 0.654. The number of nitrogens with one attached hydrogen (secondary N) is 2. The predicted molar refractivity (Wildman–Crippen MR) is 103 cm³/mol. The van der Waals surface area contributed by atoms with Crippen LogP contribution in [0.1, 0.15) is 63.7 Å². The van der Waals surface area contributed by atoms with Gasteiger partial charge in [0, 0.05) is 29.3 Å². The first-order valence-electron chi connectivity index (χ1n) is 9.67. The zero-order valence-electron chi connectivity index (χ0n) is 16.4. The second-order valence-electron chi connectivity index (χ2n) is 8.95. The number of ether oxygens (including phenoxy) is 2. The van der Waals surface area contributed by atoms with Crippen LogP contribution in [0.25, 0.3) is 0 Å².